The second-order valence-electron chi connectivity index (χ2n) is 6.49. The average Bonchev–Trinajstić information content (AvgIpc) is 2.84. The first-order chi connectivity index (χ1) is 15.1. The molecule has 1 aromatic heterocycles. The maximum absolute atomic E-state index is 12.5. The summed E-state index contributed by atoms with van der Waals surface area (Å²) in [6.07, 6.45) is 1.64. The minimum atomic E-state index is -0.222. The fourth-order valence-electron chi connectivity index (χ4n) is 3.10. The molecular formula is C25H27N3O3. The van der Waals surface area contributed by atoms with Gasteiger partial charge in [0.05, 0.1) is 31.0 Å². The van der Waals surface area contributed by atoms with Crippen LogP contribution in [0.3, 0.4) is 0 Å². The summed E-state index contributed by atoms with van der Waals surface area (Å²) in [7, 11) is 1.53. The van der Waals surface area contributed by atoms with E-state index in [9.17, 15) is 9.90 Å². The number of aromatic nitrogens is 1. The highest BCUT2D eigenvalue weighted by Gasteiger charge is 2.14. The molecule has 0 aliphatic carbocycles. The largest absolute Gasteiger partial charge is 0.494 e. The van der Waals surface area contributed by atoms with Crippen LogP contribution in [-0.4, -0.2) is 23.1 Å². The van der Waals surface area contributed by atoms with Gasteiger partial charge in [-0.2, -0.15) is 5.26 Å². The first kappa shape index (κ1) is 23.6. The monoisotopic (exact) mass is 417 g/mol. The number of ether oxygens (including phenoxy) is 1. The Hall–Kier alpha value is -3.69. The number of aryl methyl sites for hydroxylation is 1. The van der Waals surface area contributed by atoms with Gasteiger partial charge in [0.15, 0.2) is 0 Å². The van der Waals surface area contributed by atoms with Crippen molar-refractivity contribution < 1.29 is 14.6 Å². The standard InChI is InChI=1S/C23H21N3O3.C2H6/c1-15-22(29-2)21(14-27)20(12-25-15)13-26-23(28)19-9-7-18(8-10-19)17-5-3-16(11-24)4-6-17;1-2/h3-10,12,27H,13-14H2,1-2H3,(H,26,28);1-2H3. The molecule has 0 bridgehead atoms. The Morgan fingerprint density at radius 1 is 1.10 bits per heavy atom. The van der Waals surface area contributed by atoms with Gasteiger partial charge < -0.3 is 15.2 Å². The van der Waals surface area contributed by atoms with E-state index >= 15 is 0 Å². The number of amides is 1. The normalized spacial score (nSPS) is 9.81. The van der Waals surface area contributed by atoms with Crippen molar-refractivity contribution in [2.75, 3.05) is 7.11 Å². The zero-order chi connectivity index (χ0) is 22.8. The van der Waals surface area contributed by atoms with Gasteiger partial charge in [-0.3, -0.25) is 9.78 Å². The van der Waals surface area contributed by atoms with Gasteiger partial charge in [-0.15, -0.1) is 0 Å². The molecule has 160 valence electrons. The van der Waals surface area contributed by atoms with Crippen LogP contribution in [0.1, 0.15) is 46.6 Å². The zero-order valence-electron chi connectivity index (χ0n) is 18.3. The summed E-state index contributed by atoms with van der Waals surface area (Å²) < 4.78 is 5.32. The molecule has 2 aromatic carbocycles. The molecule has 0 saturated carbocycles. The summed E-state index contributed by atoms with van der Waals surface area (Å²) in [6, 6.07) is 16.6. The molecule has 0 atom stereocenters. The maximum atomic E-state index is 12.5. The predicted molar refractivity (Wildman–Crippen MR) is 121 cm³/mol. The molecule has 6 heteroatoms. The zero-order valence-corrected chi connectivity index (χ0v) is 18.3. The number of nitrogens with one attached hydrogen (secondary N) is 1. The molecule has 0 aliphatic heterocycles. The van der Waals surface area contributed by atoms with Crippen LogP contribution in [0.25, 0.3) is 11.1 Å². The Morgan fingerprint density at radius 3 is 2.19 bits per heavy atom. The maximum Gasteiger partial charge on any atom is 0.251 e. The van der Waals surface area contributed by atoms with E-state index in [0.717, 1.165) is 11.1 Å². The van der Waals surface area contributed by atoms with Crippen molar-refractivity contribution in [2.45, 2.75) is 33.9 Å². The highest BCUT2D eigenvalue weighted by Crippen LogP contribution is 2.25. The smallest absolute Gasteiger partial charge is 0.251 e. The number of hydrogen-bond acceptors (Lipinski definition) is 5. The molecule has 1 amide bonds. The van der Waals surface area contributed by atoms with Gasteiger partial charge in [0.1, 0.15) is 5.75 Å². The summed E-state index contributed by atoms with van der Waals surface area (Å²) in [5, 5.41) is 21.4. The van der Waals surface area contributed by atoms with Crippen molar-refractivity contribution in [3.63, 3.8) is 0 Å². The molecule has 6 nitrogen and oxygen atoms in total. The second kappa shape index (κ2) is 11.5. The van der Waals surface area contributed by atoms with Gasteiger partial charge >= 0.3 is 0 Å². The molecule has 0 fully saturated rings. The van der Waals surface area contributed by atoms with Crippen molar-refractivity contribution in [3.05, 3.63) is 82.7 Å². The molecule has 31 heavy (non-hydrogen) atoms. The van der Waals surface area contributed by atoms with E-state index in [2.05, 4.69) is 16.4 Å². The average molecular weight is 418 g/mol. The van der Waals surface area contributed by atoms with Crippen molar-refractivity contribution in [1.29, 1.82) is 5.26 Å². The topological polar surface area (TPSA) is 95.2 Å². The van der Waals surface area contributed by atoms with Crippen molar-refractivity contribution in [3.8, 4) is 22.9 Å². The Kier molecular flexibility index (Phi) is 8.74. The van der Waals surface area contributed by atoms with Crippen molar-refractivity contribution in [2.24, 2.45) is 0 Å². The molecule has 1 heterocycles. The summed E-state index contributed by atoms with van der Waals surface area (Å²) in [5.41, 5.74) is 5.08. The number of carbonyl (C=O) groups is 1. The summed E-state index contributed by atoms with van der Waals surface area (Å²) in [4.78, 5) is 16.8. The van der Waals surface area contributed by atoms with Crippen LogP contribution >= 0.6 is 0 Å². The quantitative estimate of drug-likeness (QED) is 0.620. The highest BCUT2D eigenvalue weighted by atomic mass is 16.5. The van der Waals surface area contributed by atoms with E-state index in [1.807, 2.05) is 38.1 Å². The molecule has 3 aromatic rings. The number of nitriles is 1. The third kappa shape index (κ3) is 5.68. The number of aliphatic hydroxyl groups is 1. The van der Waals surface area contributed by atoms with Crippen LogP contribution in [0.15, 0.2) is 54.7 Å². The summed E-state index contributed by atoms with van der Waals surface area (Å²) in [6.45, 7) is 5.84. The van der Waals surface area contributed by atoms with Gasteiger partial charge in [0.25, 0.3) is 5.91 Å². The van der Waals surface area contributed by atoms with Crippen LogP contribution < -0.4 is 10.1 Å². The van der Waals surface area contributed by atoms with Crippen LogP contribution in [0.4, 0.5) is 0 Å². The molecule has 0 radical (unpaired) electrons. The third-order valence-corrected chi connectivity index (χ3v) is 4.70. The van der Waals surface area contributed by atoms with Gasteiger partial charge in [0, 0.05) is 23.9 Å². The second-order valence-corrected chi connectivity index (χ2v) is 6.49. The molecular weight excluding hydrogens is 390 g/mol. The first-order valence-corrected chi connectivity index (χ1v) is 10.1. The number of aliphatic hydroxyl groups excluding tert-OH is 1. The van der Waals surface area contributed by atoms with Crippen LogP contribution in [-0.2, 0) is 13.2 Å². The van der Waals surface area contributed by atoms with E-state index in [-0.39, 0.29) is 19.1 Å². The van der Waals surface area contributed by atoms with Crippen molar-refractivity contribution in [1.82, 2.24) is 10.3 Å². The van der Waals surface area contributed by atoms with Crippen molar-refractivity contribution >= 4 is 5.91 Å². The van der Waals surface area contributed by atoms with E-state index < -0.39 is 0 Å². The van der Waals surface area contributed by atoms with E-state index in [4.69, 9.17) is 10.00 Å². The van der Waals surface area contributed by atoms with Gasteiger partial charge in [-0.1, -0.05) is 38.1 Å². The Balaban J connectivity index is 0.00000166. The van der Waals surface area contributed by atoms with E-state index in [0.29, 0.717) is 33.7 Å². The molecule has 0 spiro atoms. The lowest BCUT2D eigenvalue weighted by atomic mass is 10.0. The van der Waals surface area contributed by atoms with Crippen LogP contribution in [0.2, 0.25) is 0 Å². The minimum Gasteiger partial charge on any atom is -0.494 e. The Morgan fingerprint density at radius 2 is 1.68 bits per heavy atom. The molecule has 2 N–H and O–H groups in total. The lowest BCUT2D eigenvalue weighted by Gasteiger charge is -2.14. The third-order valence-electron chi connectivity index (χ3n) is 4.70. The lowest BCUT2D eigenvalue weighted by Crippen LogP contribution is -2.23. The highest BCUT2D eigenvalue weighted by molar-refractivity contribution is 5.94. The van der Waals surface area contributed by atoms with Crippen LogP contribution in [0, 0.1) is 18.3 Å². The predicted octanol–water partition coefficient (Wildman–Crippen LogP) is 4.39. The number of methoxy groups -OCH3 is 1. The molecule has 3 rings (SSSR count). The molecule has 0 saturated heterocycles. The number of nitrogens with zero attached hydrogens (tertiary/aromatic N) is 2. The first-order valence-electron chi connectivity index (χ1n) is 10.1. The fourth-order valence-corrected chi connectivity index (χ4v) is 3.10. The SMILES string of the molecule is CC.COc1c(C)ncc(CNC(=O)c2ccc(-c3ccc(C#N)cc3)cc2)c1CO. The lowest BCUT2D eigenvalue weighted by molar-refractivity contribution is 0.0950. The minimum absolute atomic E-state index is 0.197. The number of benzene rings is 2. The van der Waals surface area contributed by atoms with Gasteiger partial charge in [-0.25, -0.2) is 0 Å². The molecule has 0 unspecified atom stereocenters. The van der Waals surface area contributed by atoms with Crippen LogP contribution in [0.5, 0.6) is 5.75 Å². The fraction of sp³-hybridized carbons (Fsp3) is 0.240. The number of rotatable bonds is 6. The molecule has 0 aliphatic rings. The van der Waals surface area contributed by atoms with E-state index in [1.165, 1.54) is 7.11 Å². The Labute approximate surface area is 183 Å². The van der Waals surface area contributed by atoms with Gasteiger partial charge in [-0.05, 0) is 47.9 Å². The van der Waals surface area contributed by atoms with E-state index in [1.54, 1.807) is 37.4 Å². The number of carbonyl (C=O) groups excluding carboxylic acids is 1. The van der Waals surface area contributed by atoms with Gasteiger partial charge in [0.2, 0.25) is 0 Å². The summed E-state index contributed by atoms with van der Waals surface area (Å²) in [5.74, 6) is 0.311. The Bertz CT molecular complexity index is 1050. The number of pyridine rings is 1. The number of hydrogen-bond donors (Lipinski definition) is 2. The summed E-state index contributed by atoms with van der Waals surface area (Å²) >= 11 is 0.